The van der Waals surface area contributed by atoms with Crippen molar-refractivity contribution in [2.24, 2.45) is 0 Å². The molecule has 1 atom stereocenters. The average Bonchev–Trinajstić information content (AvgIpc) is 3.24. The molecule has 1 unspecified atom stereocenters. The largest absolute Gasteiger partial charge is 0.464 e. The Morgan fingerprint density at radius 1 is 1.14 bits per heavy atom. The van der Waals surface area contributed by atoms with Crippen LogP contribution >= 0.6 is 0 Å². The summed E-state index contributed by atoms with van der Waals surface area (Å²) in [6.07, 6.45) is -0.906. The molecule has 3 nitrogen and oxygen atoms in total. The van der Waals surface area contributed by atoms with E-state index in [1.165, 1.54) is 36.4 Å². The highest BCUT2D eigenvalue weighted by molar-refractivity contribution is 5.81. The Morgan fingerprint density at radius 2 is 1.68 bits per heavy atom. The van der Waals surface area contributed by atoms with Gasteiger partial charge in [0.05, 0.1) is 6.61 Å². The lowest BCUT2D eigenvalue weighted by Gasteiger charge is -2.14. The molecule has 2 aromatic rings. The minimum atomic E-state index is -1.20. The number of epoxide rings is 1. The van der Waals surface area contributed by atoms with Crippen LogP contribution in [0.15, 0.2) is 48.5 Å². The molecule has 1 saturated heterocycles. The maximum absolute atomic E-state index is 13.6. The molecule has 22 heavy (non-hydrogen) atoms. The van der Waals surface area contributed by atoms with Crippen LogP contribution in [0.1, 0.15) is 18.1 Å². The zero-order valence-electron chi connectivity index (χ0n) is 11.9. The van der Waals surface area contributed by atoms with E-state index >= 15 is 0 Å². The molecule has 1 heterocycles. The molecule has 114 valence electrons. The van der Waals surface area contributed by atoms with Gasteiger partial charge in [-0.3, -0.25) is 0 Å². The molecule has 0 aliphatic carbocycles. The van der Waals surface area contributed by atoms with Crippen LogP contribution in [0.4, 0.5) is 8.78 Å². The van der Waals surface area contributed by atoms with Gasteiger partial charge in [-0.2, -0.15) is 0 Å². The highest BCUT2D eigenvalue weighted by Gasteiger charge is 2.64. The number of rotatable bonds is 4. The number of carbonyl (C=O) groups excluding carboxylic acids is 1. The van der Waals surface area contributed by atoms with E-state index in [1.54, 1.807) is 19.1 Å². The minimum absolute atomic E-state index is 0.209. The Hall–Kier alpha value is -2.27. The van der Waals surface area contributed by atoms with Gasteiger partial charge in [0.25, 0.3) is 0 Å². The summed E-state index contributed by atoms with van der Waals surface area (Å²) < 4.78 is 37.7. The number of carbonyl (C=O) groups is 1. The van der Waals surface area contributed by atoms with E-state index in [0.29, 0.717) is 11.1 Å². The highest BCUT2D eigenvalue weighted by atomic mass is 19.1. The summed E-state index contributed by atoms with van der Waals surface area (Å²) in [6.45, 7) is 1.90. The van der Waals surface area contributed by atoms with Crippen LogP contribution in [0.25, 0.3) is 0 Å². The predicted octanol–water partition coefficient (Wildman–Crippen LogP) is 3.17. The molecule has 0 amide bonds. The first-order chi connectivity index (χ1) is 10.6. The first kappa shape index (κ1) is 14.7. The van der Waals surface area contributed by atoms with Gasteiger partial charge < -0.3 is 9.47 Å². The van der Waals surface area contributed by atoms with E-state index in [1.807, 2.05) is 0 Å². The molecule has 1 aliphatic rings. The normalized spacial score (nSPS) is 18.8. The number of hydrogen-bond acceptors (Lipinski definition) is 3. The summed E-state index contributed by atoms with van der Waals surface area (Å²) in [5, 5.41) is 0. The van der Waals surface area contributed by atoms with Crippen molar-refractivity contribution in [1.29, 1.82) is 0 Å². The van der Waals surface area contributed by atoms with Crippen molar-refractivity contribution in [2.45, 2.75) is 18.6 Å². The lowest BCUT2D eigenvalue weighted by Crippen LogP contribution is -2.22. The first-order valence-corrected chi connectivity index (χ1v) is 6.94. The molecule has 5 heteroatoms. The summed E-state index contributed by atoms with van der Waals surface area (Å²) in [5.41, 5.74) is -0.288. The molecule has 0 N–H and O–H groups in total. The van der Waals surface area contributed by atoms with Crippen molar-refractivity contribution in [3.05, 3.63) is 71.3 Å². The van der Waals surface area contributed by atoms with Gasteiger partial charge in [0.2, 0.25) is 0 Å². The third-order valence-electron chi connectivity index (χ3n) is 3.62. The van der Waals surface area contributed by atoms with Crippen LogP contribution in [0.3, 0.4) is 0 Å². The summed E-state index contributed by atoms with van der Waals surface area (Å²) >= 11 is 0. The van der Waals surface area contributed by atoms with Crippen molar-refractivity contribution in [3.8, 4) is 0 Å². The standard InChI is InChI=1S/C17H14F2O3/c1-2-21-16(20)15-17(22-15,11-5-3-7-13(18)9-11)12-6-4-8-14(19)10-12/h3-10,15H,2H2,1H3. The fraction of sp³-hybridized carbons (Fsp3) is 0.235. The second kappa shape index (κ2) is 5.50. The van der Waals surface area contributed by atoms with Gasteiger partial charge in [-0.05, 0) is 42.3 Å². The van der Waals surface area contributed by atoms with Gasteiger partial charge >= 0.3 is 5.97 Å². The molecular formula is C17H14F2O3. The van der Waals surface area contributed by atoms with Gasteiger partial charge in [0.15, 0.2) is 11.7 Å². The van der Waals surface area contributed by atoms with Crippen LogP contribution < -0.4 is 0 Å². The van der Waals surface area contributed by atoms with Crippen molar-refractivity contribution in [1.82, 2.24) is 0 Å². The molecule has 1 fully saturated rings. The quantitative estimate of drug-likeness (QED) is 0.643. The minimum Gasteiger partial charge on any atom is -0.464 e. The van der Waals surface area contributed by atoms with Crippen LogP contribution in [0.2, 0.25) is 0 Å². The molecule has 1 aliphatic heterocycles. The maximum Gasteiger partial charge on any atom is 0.339 e. The van der Waals surface area contributed by atoms with E-state index in [0.717, 1.165) is 0 Å². The topological polar surface area (TPSA) is 38.8 Å². The Labute approximate surface area is 126 Å². The third kappa shape index (κ3) is 2.37. The zero-order valence-corrected chi connectivity index (χ0v) is 11.9. The number of esters is 1. The lowest BCUT2D eigenvalue weighted by atomic mass is 9.87. The Morgan fingerprint density at radius 3 is 2.14 bits per heavy atom. The van der Waals surface area contributed by atoms with E-state index in [-0.39, 0.29) is 6.61 Å². The van der Waals surface area contributed by atoms with E-state index in [2.05, 4.69) is 0 Å². The van der Waals surface area contributed by atoms with Crippen molar-refractivity contribution in [3.63, 3.8) is 0 Å². The van der Waals surface area contributed by atoms with Gasteiger partial charge in [0.1, 0.15) is 11.6 Å². The monoisotopic (exact) mass is 304 g/mol. The van der Waals surface area contributed by atoms with Crippen molar-refractivity contribution < 1.29 is 23.0 Å². The second-order valence-electron chi connectivity index (χ2n) is 5.01. The highest BCUT2D eigenvalue weighted by Crippen LogP contribution is 2.52. The molecular weight excluding hydrogens is 290 g/mol. The number of hydrogen-bond donors (Lipinski definition) is 0. The molecule has 3 rings (SSSR count). The summed E-state index contributed by atoms with van der Waals surface area (Å²) in [7, 11) is 0. The number of benzene rings is 2. The third-order valence-corrected chi connectivity index (χ3v) is 3.62. The van der Waals surface area contributed by atoms with Crippen LogP contribution in [0.5, 0.6) is 0 Å². The van der Waals surface area contributed by atoms with Gasteiger partial charge in [-0.25, -0.2) is 13.6 Å². The van der Waals surface area contributed by atoms with E-state index in [9.17, 15) is 13.6 Å². The van der Waals surface area contributed by atoms with Crippen LogP contribution in [-0.2, 0) is 19.9 Å². The fourth-order valence-electron chi connectivity index (χ4n) is 2.63. The molecule has 2 aromatic carbocycles. The summed E-state index contributed by atoms with van der Waals surface area (Å²) in [4.78, 5) is 12.0. The van der Waals surface area contributed by atoms with Crippen molar-refractivity contribution >= 4 is 5.97 Å². The average molecular weight is 304 g/mol. The summed E-state index contributed by atoms with van der Waals surface area (Å²) in [5.74, 6) is -1.45. The van der Waals surface area contributed by atoms with E-state index < -0.39 is 29.3 Å². The SMILES string of the molecule is CCOC(=O)C1OC1(c1cccc(F)c1)c1cccc(F)c1. The molecule has 0 bridgehead atoms. The predicted molar refractivity (Wildman–Crippen MR) is 75.1 cm³/mol. The Kier molecular flexibility index (Phi) is 3.66. The molecule has 0 radical (unpaired) electrons. The first-order valence-electron chi connectivity index (χ1n) is 6.94. The lowest BCUT2D eigenvalue weighted by molar-refractivity contribution is -0.144. The maximum atomic E-state index is 13.6. The summed E-state index contributed by atoms with van der Waals surface area (Å²) in [6, 6.07) is 11.5. The van der Waals surface area contributed by atoms with E-state index in [4.69, 9.17) is 9.47 Å². The van der Waals surface area contributed by atoms with Gasteiger partial charge in [-0.15, -0.1) is 0 Å². The zero-order chi connectivity index (χ0) is 15.7. The number of ether oxygens (including phenoxy) is 2. The van der Waals surface area contributed by atoms with Crippen LogP contribution in [-0.4, -0.2) is 18.7 Å². The van der Waals surface area contributed by atoms with Crippen LogP contribution in [0, 0.1) is 11.6 Å². The number of halogens is 2. The smallest absolute Gasteiger partial charge is 0.339 e. The van der Waals surface area contributed by atoms with Gasteiger partial charge in [-0.1, -0.05) is 24.3 Å². The second-order valence-corrected chi connectivity index (χ2v) is 5.01. The molecule has 0 saturated carbocycles. The molecule has 0 aromatic heterocycles. The molecule has 0 spiro atoms. The van der Waals surface area contributed by atoms with Gasteiger partial charge in [0, 0.05) is 0 Å². The Balaban J connectivity index is 2.07. The fourth-order valence-corrected chi connectivity index (χ4v) is 2.63. The van der Waals surface area contributed by atoms with Crippen molar-refractivity contribution in [2.75, 3.05) is 6.61 Å². The Bertz CT molecular complexity index is 669.